The number of carbonyl (C=O) groups excluding carboxylic acids is 1. The lowest BCUT2D eigenvalue weighted by Crippen LogP contribution is -2.53. The van der Waals surface area contributed by atoms with Crippen molar-refractivity contribution in [3.63, 3.8) is 0 Å². The largest absolute Gasteiger partial charge is 0.384 e. The predicted molar refractivity (Wildman–Crippen MR) is 122 cm³/mol. The first kappa shape index (κ1) is 24.3. The predicted octanol–water partition coefficient (Wildman–Crippen LogP) is 4.12. The van der Waals surface area contributed by atoms with Gasteiger partial charge in [0.1, 0.15) is 10.5 Å². The summed E-state index contributed by atoms with van der Waals surface area (Å²) in [5.41, 5.74) is -1.89. The monoisotopic (exact) mass is 498 g/mol. The van der Waals surface area contributed by atoms with Gasteiger partial charge in [0, 0.05) is 18.4 Å². The topological polar surface area (TPSA) is 89.3 Å². The van der Waals surface area contributed by atoms with E-state index in [0.717, 1.165) is 44.8 Å². The number of ketones is 1. The third kappa shape index (κ3) is 3.94. The summed E-state index contributed by atoms with van der Waals surface area (Å²) in [6, 6.07) is 0. The van der Waals surface area contributed by atoms with E-state index in [9.17, 15) is 27.1 Å². The van der Waals surface area contributed by atoms with Crippen LogP contribution in [0.4, 0.5) is 8.78 Å². The molecule has 1 aromatic rings. The van der Waals surface area contributed by atoms with Crippen molar-refractivity contribution >= 4 is 15.6 Å². The average molecular weight is 499 g/mol. The molecule has 0 aliphatic heterocycles. The molecule has 1 N–H and O–H groups in total. The first-order valence-electron chi connectivity index (χ1n) is 12.7. The molecule has 34 heavy (non-hydrogen) atoms. The van der Waals surface area contributed by atoms with E-state index in [-0.39, 0.29) is 47.3 Å². The van der Waals surface area contributed by atoms with Gasteiger partial charge in [-0.1, -0.05) is 6.92 Å². The number of Topliss-reactive ketones (excluding diaryl/α,β-unsaturated/α-hetero) is 1. The molecule has 1 heterocycles. The van der Waals surface area contributed by atoms with Gasteiger partial charge >= 0.3 is 0 Å². The fourth-order valence-corrected chi connectivity index (χ4v) is 9.08. The minimum Gasteiger partial charge on any atom is -0.384 e. The molecule has 8 atom stereocenters. The lowest BCUT2D eigenvalue weighted by Gasteiger charge is -2.57. The van der Waals surface area contributed by atoms with E-state index < -0.39 is 21.9 Å². The molecule has 1 unspecified atom stereocenters. The van der Waals surface area contributed by atoms with Gasteiger partial charge in [0.05, 0.1) is 12.7 Å². The summed E-state index contributed by atoms with van der Waals surface area (Å²) < 4.78 is 51.8. The molecule has 5 rings (SSSR count). The Morgan fingerprint density at radius 1 is 1.15 bits per heavy atom. The molecular formula is C25H36F2N2O4S. The maximum atomic E-state index is 13.4. The second-order valence-corrected chi connectivity index (χ2v) is 13.9. The third-order valence-electron chi connectivity index (χ3n) is 10.2. The van der Waals surface area contributed by atoms with Gasteiger partial charge in [-0.05, 0) is 92.8 Å². The molecule has 4 aliphatic carbocycles. The van der Waals surface area contributed by atoms with E-state index in [1.165, 1.54) is 17.1 Å². The van der Waals surface area contributed by atoms with Crippen molar-refractivity contribution in [2.24, 2.45) is 40.9 Å². The Hall–Kier alpha value is -1.35. The number of aromatic nitrogens is 2. The summed E-state index contributed by atoms with van der Waals surface area (Å²) in [6.45, 7) is 2.35. The second-order valence-electron chi connectivity index (χ2n) is 11.9. The van der Waals surface area contributed by atoms with Crippen molar-refractivity contribution < 1.29 is 27.1 Å². The average Bonchev–Trinajstić information content (AvgIpc) is 3.37. The molecule has 0 aromatic carbocycles. The summed E-state index contributed by atoms with van der Waals surface area (Å²) in [5, 5.41) is 14.5. The number of hydrogen-bond donors (Lipinski definition) is 1. The Bertz CT molecular complexity index is 1060. The smallest absolute Gasteiger partial charge is 0.266 e. The molecule has 4 saturated carbocycles. The van der Waals surface area contributed by atoms with Crippen LogP contribution in [0.5, 0.6) is 0 Å². The zero-order valence-corrected chi connectivity index (χ0v) is 20.8. The molecule has 0 saturated heterocycles. The number of sulfone groups is 1. The van der Waals surface area contributed by atoms with Gasteiger partial charge in [0.15, 0.2) is 15.6 Å². The van der Waals surface area contributed by atoms with Gasteiger partial charge in [0.25, 0.3) is 6.43 Å². The van der Waals surface area contributed by atoms with Crippen LogP contribution in [0.1, 0.15) is 64.7 Å². The summed E-state index contributed by atoms with van der Waals surface area (Å²) in [6.07, 6.45) is 8.03. The van der Waals surface area contributed by atoms with Crippen molar-refractivity contribution in [3.05, 3.63) is 12.4 Å². The van der Waals surface area contributed by atoms with E-state index in [1.54, 1.807) is 0 Å². The minimum atomic E-state index is -3.36. The number of alkyl halides is 2. The van der Waals surface area contributed by atoms with Crippen LogP contribution in [0.15, 0.2) is 17.3 Å². The zero-order valence-electron chi connectivity index (χ0n) is 20.0. The summed E-state index contributed by atoms with van der Waals surface area (Å²) >= 11 is 0. The number of fused-ring (bicyclic) bond motifs is 5. The van der Waals surface area contributed by atoms with Crippen LogP contribution >= 0.6 is 0 Å². The Morgan fingerprint density at radius 2 is 1.88 bits per heavy atom. The standard InChI is InChI=1S/C25H36F2N2O4S/c1-24-9-7-18-17-8-10-25(31,23(26)27)11-15(17)3-4-19(18)20(24)5-6-21(24)22(30)14-29-13-16(12-28-29)34(2,32)33/h12-13,15,17-21,23,31H,3-11,14H2,1-2H3/t15-,17+,18-,19?,20+,21-,24+,25-/m1/s1. The number of carbonyl (C=O) groups is 1. The molecule has 190 valence electrons. The Morgan fingerprint density at radius 3 is 2.56 bits per heavy atom. The highest BCUT2D eigenvalue weighted by Gasteiger charge is 2.59. The number of aliphatic hydroxyl groups is 1. The van der Waals surface area contributed by atoms with Crippen LogP contribution in [-0.2, 0) is 21.2 Å². The van der Waals surface area contributed by atoms with Crippen LogP contribution in [0.3, 0.4) is 0 Å². The summed E-state index contributed by atoms with van der Waals surface area (Å²) in [7, 11) is -3.36. The lowest BCUT2D eigenvalue weighted by molar-refractivity contribution is -0.160. The van der Waals surface area contributed by atoms with Crippen molar-refractivity contribution in [2.45, 2.75) is 88.2 Å². The van der Waals surface area contributed by atoms with E-state index in [4.69, 9.17) is 0 Å². The Balaban J connectivity index is 1.28. The molecule has 9 heteroatoms. The van der Waals surface area contributed by atoms with Crippen LogP contribution in [0.2, 0.25) is 0 Å². The highest BCUT2D eigenvalue weighted by Crippen LogP contribution is 2.65. The van der Waals surface area contributed by atoms with Gasteiger partial charge in [-0.3, -0.25) is 9.48 Å². The van der Waals surface area contributed by atoms with E-state index >= 15 is 0 Å². The summed E-state index contributed by atoms with van der Waals surface area (Å²) in [4.78, 5) is 13.5. The van der Waals surface area contributed by atoms with Crippen LogP contribution in [0.25, 0.3) is 0 Å². The van der Waals surface area contributed by atoms with Gasteiger partial charge in [-0.15, -0.1) is 0 Å². The number of rotatable bonds is 5. The van der Waals surface area contributed by atoms with E-state index in [1.807, 2.05) is 0 Å². The molecule has 4 fully saturated rings. The first-order chi connectivity index (χ1) is 15.9. The molecule has 0 radical (unpaired) electrons. The molecule has 6 nitrogen and oxygen atoms in total. The lowest BCUT2D eigenvalue weighted by atomic mass is 9.49. The van der Waals surface area contributed by atoms with Gasteiger partial charge < -0.3 is 5.11 Å². The quantitative estimate of drug-likeness (QED) is 0.660. The fourth-order valence-electron chi connectivity index (χ4n) is 8.53. The first-order valence-corrected chi connectivity index (χ1v) is 14.6. The molecule has 0 bridgehead atoms. The SMILES string of the molecule is C[C@]12CC[C@H]3C(CC[C@@H]4C[C@@](O)(C(F)F)CC[C@@H]43)[C@@H]1CC[C@@H]2C(=O)Cn1cc(S(C)(=O)=O)cn1. The maximum absolute atomic E-state index is 13.4. The number of halogens is 2. The van der Waals surface area contributed by atoms with Crippen molar-refractivity contribution in [2.75, 3.05) is 6.26 Å². The van der Waals surface area contributed by atoms with Crippen LogP contribution in [-0.4, -0.2) is 47.4 Å². The number of nitrogens with zero attached hydrogens (tertiary/aromatic N) is 2. The second kappa shape index (κ2) is 8.36. The molecular weight excluding hydrogens is 462 g/mol. The van der Waals surface area contributed by atoms with Crippen molar-refractivity contribution in [1.82, 2.24) is 9.78 Å². The van der Waals surface area contributed by atoms with Crippen molar-refractivity contribution in [1.29, 1.82) is 0 Å². The van der Waals surface area contributed by atoms with Crippen LogP contribution in [0, 0.1) is 40.9 Å². The zero-order chi connectivity index (χ0) is 24.5. The van der Waals surface area contributed by atoms with E-state index in [0.29, 0.717) is 30.1 Å². The molecule has 0 amide bonds. The maximum Gasteiger partial charge on any atom is 0.266 e. The minimum absolute atomic E-state index is 0.0580. The van der Waals surface area contributed by atoms with Gasteiger partial charge in [-0.25, -0.2) is 17.2 Å². The molecule has 4 aliphatic rings. The van der Waals surface area contributed by atoms with Crippen LogP contribution < -0.4 is 0 Å². The third-order valence-corrected chi connectivity index (χ3v) is 11.3. The normalized spacial score (nSPS) is 42.2. The highest BCUT2D eigenvalue weighted by atomic mass is 32.2. The van der Waals surface area contributed by atoms with Gasteiger partial charge in [-0.2, -0.15) is 5.10 Å². The number of hydrogen-bond acceptors (Lipinski definition) is 5. The van der Waals surface area contributed by atoms with E-state index in [2.05, 4.69) is 12.0 Å². The Labute approximate surface area is 200 Å². The Kier molecular flexibility index (Phi) is 5.98. The fraction of sp³-hybridized carbons (Fsp3) is 0.840. The molecule has 1 aromatic heterocycles. The molecule has 0 spiro atoms. The summed E-state index contributed by atoms with van der Waals surface area (Å²) in [5.74, 6) is 2.16. The van der Waals surface area contributed by atoms with Gasteiger partial charge in [0.2, 0.25) is 0 Å². The highest BCUT2D eigenvalue weighted by molar-refractivity contribution is 7.90. The van der Waals surface area contributed by atoms with Crippen molar-refractivity contribution in [3.8, 4) is 0 Å².